The Morgan fingerprint density at radius 1 is 1.33 bits per heavy atom. The molecule has 2 rings (SSSR count). The van der Waals surface area contributed by atoms with Gasteiger partial charge in [0.1, 0.15) is 0 Å². The Kier molecular flexibility index (Phi) is 5.65. The smallest absolute Gasteiger partial charge is 0.0699 e. The second kappa shape index (κ2) is 7.52. The van der Waals surface area contributed by atoms with Crippen LogP contribution >= 0.6 is 0 Å². The summed E-state index contributed by atoms with van der Waals surface area (Å²) in [5, 5.41) is 3.56. The van der Waals surface area contributed by atoms with Crippen LogP contribution < -0.4 is 5.32 Å². The third-order valence-electron chi connectivity index (χ3n) is 3.40. The van der Waals surface area contributed by atoms with Crippen molar-refractivity contribution in [2.45, 2.75) is 31.4 Å². The maximum absolute atomic E-state index is 5.74. The molecule has 1 fully saturated rings. The third kappa shape index (κ3) is 4.09. The average molecular weight is 249 g/mol. The summed E-state index contributed by atoms with van der Waals surface area (Å²) in [6.45, 7) is 2.51. The first kappa shape index (κ1) is 13.5. The van der Waals surface area contributed by atoms with Gasteiger partial charge in [-0.2, -0.15) is 0 Å². The van der Waals surface area contributed by atoms with Gasteiger partial charge >= 0.3 is 0 Å². The van der Waals surface area contributed by atoms with Crippen LogP contribution in [0.2, 0.25) is 0 Å². The molecule has 1 saturated heterocycles. The molecule has 0 radical (unpaired) electrons. The summed E-state index contributed by atoms with van der Waals surface area (Å²) in [7, 11) is 1.74. The van der Waals surface area contributed by atoms with Crippen molar-refractivity contribution in [3.8, 4) is 0 Å². The minimum atomic E-state index is 0.252. The molecule has 2 atom stereocenters. The lowest BCUT2D eigenvalue weighted by molar-refractivity contribution is 0.0134. The van der Waals surface area contributed by atoms with Crippen LogP contribution in [-0.2, 0) is 9.47 Å². The van der Waals surface area contributed by atoms with Crippen molar-refractivity contribution in [2.24, 2.45) is 0 Å². The highest BCUT2D eigenvalue weighted by atomic mass is 16.5. The van der Waals surface area contributed by atoms with E-state index >= 15 is 0 Å². The first-order valence-electron chi connectivity index (χ1n) is 6.79. The van der Waals surface area contributed by atoms with Crippen LogP contribution in [0.3, 0.4) is 0 Å². The summed E-state index contributed by atoms with van der Waals surface area (Å²) < 4.78 is 11.0. The molecule has 3 nitrogen and oxygen atoms in total. The van der Waals surface area contributed by atoms with Gasteiger partial charge in [0.2, 0.25) is 0 Å². The molecule has 0 saturated carbocycles. The van der Waals surface area contributed by atoms with Gasteiger partial charge in [0, 0.05) is 20.3 Å². The number of methoxy groups -OCH3 is 1. The lowest BCUT2D eigenvalue weighted by Crippen LogP contribution is -2.35. The SMILES string of the molecule is COC[C@@H](NC[C@H]1CCCCO1)c1ccccc1. The zero-order chi connectivity index (χ0) is 12.6. The van der Waals surface area contributed by atoms with Gasteiger partial charge in [0.25, 0.3) is 0 Å². The number of hydrogen-bond donors (Lipinski definition) is 1. The second-order valence-corrected chi connectivity index (χ2v) is 4.82. The molecule has 1 aliphatic heterocycles. The molecule has 100 valence electrons. The summed E-state index contributed by atoms with van der Waals surface area (Å²) in [6.07, 6.45) is 4.02. The van der Waals surface area contributed by atoms with Crippen LogP contribution in [0.15, 0.2) is 30.3 Å². The van der Waals surface area contributed by atoms with Gasteiger partial charge in [0.15, 0.2) is 0 Å². The maximum Gasteiger partial charge on any atom is 0.0699 e. The monoisotopic (exact) mass is 249 g/mol. The van der Waals surface area contributed by atoms with Crippen molar-refractivity contribution in [1.29, 1.82) is 0 Å². The van der Waals surface area contributed by atoms with E-state index in [1.54, 1.807) is 7.11 Å². The van der Waals surface area contributed by atoms with E-state index in [9.17, 15) is 0 Å². The van der Waals surface area contributed by atoms with Gasteiger partial charge in [-0.1, -0.05) is 30.3 Å². The molecule has 0 aromatic heterocycles. The van der Waals surface area contributed by atoms with E-state index in [-0.39, 0.29) is 6.04 Å². The lowest BCUT2D eigenvalue weighted by Gasteiger charge is -2.26. The summed E-state index contributed by atoms with van der Waals surface area (Å²) in [5.41, 5.74) is 1.27. The normalized spacial score (nSPS) is 21.7. The maximum atomic E-state index is 5.74. The Bertz CT molecular complexity index is 323. The van der Waals surface area contributed by atoms with E-state index in [4.69, 9.17) is 9.47 Å². The third-order valence-corrected chi connectivity index (χ3v) is 3.40. The summed E-state index contributed by atoms with van der Waals surface area (Å²) >= 11 is 0. The van der Waals surface area contributed by atoms with Gasteiger partial charge in [-0.25, -0.2) is 0 Å². The van der Waals surface area contributed by atoms with Crippen molar-refractivity contribution in [2.75, 3.05) is 26.9 Å². The lowest BCUT2D eigenvalue weighted by atomic mass is 10.1. The Morgan fingerprint density at radius 2 is 2.17 bits per heavy atom. The van der Waals surface area contributed by atoms with Crippen LogP contribution in [0.5, 0.6) is 0 Å². The first-order chi connectivity index (χ1) is 8.90. The van der Waals surface area contributed by atoms with Gasteiger partial charge in [0.05, 0.1) is 18.8 Å². The van der Waals surface area contributed by atoms with Gasteiger partial charge in [-0.3, -0.25) is 0 Å². The van der Waals surface area contributed by atoms with E-state index in [2.05, 4.69) is 29.6 Å². The highest BCUT2D eigenvalue weighted by Crippen LogP contribution is 2.16. The standard InChI is InChI=1S/C15H23NO2/c1-17-12-15(13-7-3-2-4-8-13)16-11-14-9-5-6-10-18-14/h2-4,7-8,14-16H,5-6,9-12H2,1H3/t14-,15-/m1/s1. The molecule has 1 heterocycles. The van der Waals surface area contributed by atoms with Gasteiger partial charge < -0.3 is 14.8 Å². The van der Waals surface area contributed by atoms with E-state index in [0.717, 1.165) is 13.2 Å². The molecule has 0 bridgehead atoms. The Morgan fingerprint density at radius 3 is 2.83 bits per heavy atom. The molecule has 18 heavy (non-hydrogen) atoms. The fourth-order valence-electron chi connectivity index (χ4n) is 2.37. The topological polar surface area (TPSA) is 30.5 Å². The summed E-state index contributed by atoms with van der Waals surface area (Å²) in [6, 6.07) is 10.7. The second-order valence-electron chi connectivity index (χ2n) is 4.82. The predicted molar refractivity (Wildman–Crippen MR) is 72.7 cm³/mol. The largest absolute Gasteiger partial charge is 0.383 e. The average Bonchev–Trinajstić information content (AvgIpc) is 2.45. The van der Waals surface area contributed by atoms with Crippen molar-refractivity contribution >= 4 is 0 Å². The summed E-state index contributed by atoms with van der Waals surface area (Å²) in [4.78, 5) is 0. The van der Waals surface area contributed by atoms with E-state index in [1.165, 1.54) is 24.8 Å². The molecule has 0 amide bonds. The molecule has 0 unspecified atom stereocenters. The predicted octanol–water partition coefficient (Wildman–Crippen LogP) is 2.53. The number of hydrogen-bond acceptors (Lipinski definition) is 3. The Balaban J connectivity index is 1.86. The molecule has 1 aromatic carbocycles. The Hall–Kier alpha value is -0.900. The van der Waals surface area contributed by atoms with Crippen molar-refractivity contribution in [1.82, 2.24) is 5.32 Å². The molecule has 1 aliphatic rings. The minimum Gasteiger partial charge on any atom is -0.383 e. The van der Waals surface area contributed by atoms with Crippen LogP contribution in [-0.4, -0.2) is 33.0 Å². The zero-order valence-corrected chi connectivity index (χ0v) is 11.1. The van der Waals surface area contributed by atoms with E-state index < -0.39 is 0 Å². The summed E-state index contributed by atoms with van der Waals surface area (Å²) in [5.74, 6) is 0. The van der Waals surface area contributed by atoms with E-state index in [1.807, 2.05) is 6.07 Å². The molecule has 0 aliphatic carbocycles. The fraction of sp³-hybridized carbons (Fsp3) is 0.600. The molecular weight excluding hydrogens is 226 g/mol. The quantitative estimate of drug-likeness (QED) is 0.840. The number of nitrogens with one attached hydrogen (secondary N) is 1. The van der Waals surface area contributed by atoms with Crippen molar-refractivity contribution in [3.05, 3.63) is 35.9 Å². The highest BCUT2D eigenvalue weighted by Gasteiger charge is 2.16. The van der Waals surface area contributed by atoms with Crippen LogP contribution in [0.25, 0.3) is 0 Å². The minimum absolute atomic E-state index is 0.252. The number of ether oxygens (including phenoxy) is 2. The van der Waals surface area contributed by atoms with Crippen LogP contribution in [0, 0.1) is 0 Å². The van der Waals surface area contributed by atoms with Crippen LogP contribution in [0.1, 0.15) is 30.9 Å². The van der Waals surface area contributed by atoms with Crippen LogP contribution in [0.4, 0.5) is 0 Å². The van der Waals surface area contributed by atoms with Crippen molar-refractivity contribution < 1.29 is 9.47 Å². The zero-order valence-electron chi connectivity index (χ0n) is 11.1. The van der Waals surface area contributed by atoms with Gasteiger partial charge in [-0.05, 0) is 24.8 Å². The molecule has 0 spiro atoms. The molecule has 1 aromatic rings. The highest BCUT2D eigenvalue weighted by molar-refractivity contribution is 5.18. The molecular formula is C15H23NO2. The molecule has 3 heteroatoms. The first-order valence-corrected chi connectivity index (χ1v) is 6.79. The fourth-order valence-corrected chi connectivity index (χ4v) is 2.37. The molecule has 1 N–H and O–H groups in total. The number of rotatable bonds is 6. The van der Waals surface area contributed by atoms with E-state index in [0.29, 0.717) is 12.7 Å². The number of benzene rings is 1. The van der Waals surface area contributed by atoms with Gasteiger partial charge in [-0.15, -0.1) is 0 Å². The van der Waals surface area contributed by atoms with Crippen molar-refractivity contribution in [3.63, 3.8) is 0 Å². The Labute approximate surface area is 109 Å².